The Kier molecular flexibility index (Phi) is 7.35. The molecule has 1 aliphatic heterocycles. The minimum atomic E-state index is -1.39. The molecule has 6 N–H and O–H groups in total. The van der Waals surface area contributed by atoms with Crippen LogP contribution < -0.4 is 11.1 Å². The lowest BCUT2D eigenvalue weighted by Gasteiger charge is -2.37. The van der Waals surface area contributed by atoms with Gasteiger partial charge in [0.05, 0.1) is 6.04 Å². The highest BCUT2D eigenvalue weighted by atomic mass is 16.4. The van der Waals surface area contributed by atoms with Crippen LogP contribution in [0.15, 0.2) is 54.7 Å². The van der Waals surface area contributed by atoms with E-state index in [0.29, 0.717) is 0 Å². The van der Waals surface area contributed by atoms with Crippen molar-refractivity contribution in [1.82, 2.24) is 15.2 Å². The number of nitrogens with zero attached hydrogens (tertiary/aromatic N) is 1. The predicted octanol–water partition coefficient (Wildman–Crippen LogP) is 1.43. The van der Waals surface area contributed by atoms with E-state index in [4.69, 9.17) is 10.8 Å². The maximum absolute atomic E-state index is 13.5. The second-order valence-electron chi connectivity index (χ2n) is 8.96. The average molecular weight is 493 g/mol. The third-order valence-electron chi connectivity index (χ3n) is 6.53. The summed E-state index contributed by atoms with van der Waals surface area (Å²) < 4.78 is 0. The van der Waals surface area contributed by atoms with Crippen LogP contribution in [0.2, 0.25) is 0 Å². The van der Waals surface area contributed by atoms with E-state index in [1.54, 1.807) is 0 Å². The van der Waals surface area contributed by atoms with Crippen LogP contribution in [0.5, 0.6) is 0 Å². The zero-order chi connectivity index (χ0) is 25.8. The second kappa shape index (κ2) is 10.6. The van der Waals surface area contributed by atoms with Crippen molar-refractivity contribution in [2.24, 2.45) is 5.73 Å². The molecule has 10 heteroatoms. The molecule has 1 aromatic heterocycles. The van der Waals surface area contributed by atoms with E-state index in [9.17, 15) is 24.3 Å². The first kappa shape index (κ1) is 24.9. The molecule has 1 aliphatic rings. The molecule has 36 heavy (non-hydrogen) atoms. The predicted molar refractivity (Wildman–Crippen MR) is 131 cm³/mol. The smallest absolute Gasteiger partial charge is 0.326 e. The summed E-state index contributed by atoms with van der Waals surface area (Å²) in [6.07, 6.45) is 1.58. The summed E-state index contributed by atoms with van der Waals surface area (Å²) in [6, 6.07) is 11.8. The summed E-state index contributed by atoms with van der Waals surface area (Å²) in [4.78, 5) is 53.9. The first-order valence-corrected chi connectivity index (χ1v) is 11.7. The van der Waals surface area contributed by atoms with Crippen LogP contribution in [0, 0.1) is 0 Å². The number of hydrogen-bond acceptors (Lipinski definition) is 5. The van der Waals surface area contributed by atoms with Gasteiger partial charge in [-0.3, -0.25) is 14.4 Å². The monoisotopic (exact) mass is 492 g/mol. The highest BCUT2D eigenvalue weighted by Crippen LogP contribution is 2.26. The lowest BCUT2D eigenvalue weighted by Crippen LogP contribution is -2.58. The fourth-order valence-corrected chi connectivity index (χ4v) is 4.62. The van der Waals surface area contributed by atoms with Gasteiger partial charge in [0.25, 0.3) is 0 Å². The van der Waals surface area contributed by atoms with Crippen molar-refractivity contribution in [2.45, 2.75) is 50.4 Å². The molecule has 0 saturated heterocycles. The van der Waals surface area contributed by atoms with E-state index in [-0.39, 0.29) is 25.8 Å². The van der Waals surface area contributed by atoms with E-state index in [2.05, 4.69) is 10.3 Å². The number of aromatic amines is 1. The highest BCUT2D eigenvalue weighted by molar-refractivity contribution is 5.93. The van der Waals surface area contributed by atoms with Crippen LogP contribution in [0.4, 0.5) is 0 Å². The molecule has 10 nitrogen and oxygen atoms in total. The van der Waals surface area contributed by atoms with Gasteiger partial charge in [-0.05, 0) is 35.6 Å². The number of carboxylic acid groups (broad SMARTS) is 2. The summed E-state index contributed by atoms with van der Waals surface area (Å²) in [5, 5.41) is 21.8. The largest absolute Gasteiger partial charge is 0.481 e. The van der Waals surface area contributed by atoms with Gasteiger partial charge in [0, 0.05) is 36.5 Å². The summed E-state index contributed by atoms with van der Waals surface area (Å²) >= 11 is 0. The minimum absolute atomic E-state index is 0.154. The number of carbonyl (C=O) groups excluding carboxylic acids is 2. The first-order chi connectivity index (χ1) is 17.2. The number of rotatable bonds is 9. The molecule has 0 radical (unpaired) electrons. The zero-order valence-corrected chi connectivity index (χ0v) is 19.5. The molecular formula is C26H28N4O6. The number of benzene rings is 2. The number of carboxylic acids is 2. The molecular weight excluding hydrogens is 464 g/mol. The van der Waals surface area contributed by atoms with Crippen LogP contribution in [0.3, 0.4) is 0 Å². The fraction of sp³-hybridized carbons (Fsp3) is 0.308. The van der Waals surface area contributed by atoms with Crippen molar-refractivity contribution < 1.29 is 29.4 Å². The van der Waals surface area contributed by atoms with Gasteiger partial charge in [0.2, 0.25) is 11.8 Å². The Balaban J connectivity index is 1.56. The van der Waals surface area contributed by atoms with Crippen molar-refractivity contribution in [2.75, 3.05) is 0 Å². The number of amides is 2. The third-order valence-corrected chi connectivity index (χ3v) is 6.53. The number of fused-ring (bicyclic) bond motifs is 2. The number of hydrogen-bond donors (Lipinski definition) is 5. The Labute approximate surface area is 207 Å². The van der Waals surface area contributed by atoms with Crippen LogP contribution in [0.1, 0.15) is 29.5 Å². The van der Waals surface area contributed by atoms with Crippen molar-refractivity contribution in [1.29, 1.82) is 0 Å². The van der Waals surface area contributed by atoms with Gasteiger partial charge in [-0.15, -0.1) is 0 Å². The number of aromatic nitrogens is 1. The quantitative estimate of drug-likeness (QED) is 0.301. The zero-order valence-electron chi connectivity index (χ0n) is 19.5. The van der Waals surface area contributed by atoms with Crippen molar-refractivity contribution in [3.63, 3.8) is 0 Å². The van der Waals surface area contributed by atoms with Gasteiger partial charge >= 0.3 is 11.9 Å². The molecule has 0 bridgehead atoms. The minimum Gasteiger partial charge on any atom is -0.481 e. The second-order valence-corrected chi connectivity index (χ2v) is 8.96. The van der Waals surface area contributed by atoms with Gasteiger partial charge in [0.1, 0.15) is 12.1 Å². The average Bonchev–Trinajstić information content (AvgIpc) is 3.27. The maximum atomic E-state index is 13.5. The molecule has 4 rings (SSSR count). The molecule has 2 aromatic carbocycles. The fourth-order valence-electron chi connectivity index (χ4n) is 4.62. The van der Waals surface area contributed by atoms with E-state index in [1.165, 1.54) is 4.90 Å². The molecule has 0 aliphatic carbocycles. The summed E-state index contributed by atoms with van der Waals surface area (Å²) in [6.45, 7) is 0.154. The van der Waals surface area contributed by atoms with Crippen LogP contribution in [-0.2, 0) is 38.6 Å². The summed E-state index contributed by atoms with van der Waals surface area (Å²) in [7, 11) is 0. The van der Waals surface area contributed by atoms with Crippen molar-refractivity contribution >= 4 is 34.7 Å². The highest BCUT2D eigenvalue weighted by Gasteiger charge is 2.38. The molecule has 0 saturated carbocycles. The van der Waals surface area contributed by atoms with E-state index in [0.717, 1.165) is 27.6 Å². The van der Waals surface area contributed by atoms with E-state index >= 15 is 0 Å². The van der Waals surface area contributed by atoms with E-state index in [1.807, 2.05) is 54.7 Å². The number of H-pyrrole nitrogens is 1. The third kappa shape index (κ3) is 5.38. The SMILES string of the molecule is N[C@@H](Cc1c[nH]c2ccccc12)C(=O)N1Cc2ccccc2C[C@H]1C(=O)N[C@H](CCC(=O)O)C(=O)O. The van der Waals surface area contributed by atoms with Crippen LogP contribution >= 0.6 is 0 Å². The molecule has 0 spiro atoms. The van der Waals surface area contributed by atoms with Gasteiger partial charge in [-0.2, -0.15) is 0 Å². The number of aliphatic carboxylic acids is 2. The molecule has 0 unspecified atom stereocenters. The van der Waals surface area contributed by atoms with Crippen molar-refractivity contribution in [3.8, 4) is 0 Å². The Morgan fingerprint density at radius 1 is 1.06 bits per heavy atom. The topological polar surface area (TPSA) is 166 Å². The lowest BCUT2D eigenvalue weighted by molar-refractivity contribution is -0.146. The lowest BCUT2D eigenvalue weighted by atomic mass is 9.92. The normalized spacial score (nSPS) is 16.7. The molecule has 2 heterocycles. The van der Waals surface area contributed by atoms with Gasteiger partial charge in [-0.1, -0.05) is 42.5 Å². The van der Waals surface area contributed by atoms with Crippen LogP contribution in [-0.4, -0.2) is 62.0 Å². The Morgan fingerprint density at radius 2 is 1.75 bits per heavy atom. The van der Waals surface area contributed by atoms with Gasteiger partial charge < -0.3 is 31.1 Å². The molecule has 3 aromatic rings. The summed E-state index contributed by atoms with van der Waals surface area (Å²) in [5.41, 5.74) is 9.92. The number of nitrogens with one attached hydrogen (secondary N) is 2. The molecule has 3 atom stereocenters. The standard InChI is InChI=1S/C26H28N4O6/c27-19(11-17-13-28-20-8-4-3-7-18(17)20)25(34)30-14-16-6-2-1-5-15(16)12-22(30)24(33)29-21(26(35)36)9-10-23(31)32/h1-8,13,19,21-22,28H,9-12,14,27H2,(H,29,33)(H,31,32)(H,35,36)/t19-,21+,22-/m0/s1. The molecule has 188 valence electrons. The summed E-state index contributed by atoms with van der Waals surface area (Å²) in [5.74, 6) is -3.58. The van der Waals surface area contributed by atoms with E-state index < -0.39 is 48.3 Å². The van der Waals surface area contributed by atoms with Crippen LogP contribution in [0.25, 0.3) is 10.9 Å². The van der Waals surface area contributed by atoms with Crippen molar-refractivity contribution in [3.05, 3.63) is 71.4 Å². The first-order valence-electron chi connectivity index (χ1n) is 11.7. The molecule has 2 amide bonds. The number of carbonyl (C=O) groups is 4. The maximum Gasteiger partial charge on any atom is 0.326 e. The number of nitrogens with two attached hydrogens (primary N) is 1. The number of para-hydroxylation sites is 1. The van der Waals surface area contributed by atoms with Gasteiger partial charge in [-0.25, -0.2) is 4.79 Å². The Bertz CT molecular complexity index is 1300. The molecule has 0 fully saturated rings. The Morgan fingerprint density at radius 3 is 2.47 bits per heavy atom. The Hall–Kier alpha value is -4.18. The van der Waals surface area contributed by atoms with Gasteiger partial charge in [0.15, 0.2) is 0 Å².